The van der Waals surface area contributed by atoms with Gasteiger partial charge in [0.1, 0.15) is 6.54 Å². The minimum Gasteiger partial charge on any atom is -0.354 e. The van der Waals surface area contributed by atoms with Crippen LogP contribution in [-0.4, -0.2) is 21.6 Å². The van der Waals surface area contributed by atoms with Crippen LogP contribution in [0.2, 0.25) is 0 Å². The molecule has 0 bridgehead atoms. The number of nitrogens with one attached hydrogen (secondary N) is 1. The van der Waals surface area contributed by atoms with E-state index in [9.17, 15) is 9.59 Å². The van der Waals surface area contributed by atoms with Crippen LogP contribution in [0, 0.1) is 5.92 Å². The number of aryl methyl sites for hydroxylation is 1. The van der Waals surface area contributed by atoms with Crippen LogP contribution in [0.1, 0.15) is 26.2 Å². The molecule has 0 saturated heterocycles. The number of aromatic nitrogens is 2. The van der Waals surface area contributed by atoms with Crippen molar-refractivity contribution >= 4 is 5.91 Å². The van der Waals surface area contributed by atoms with Crippen molar-refractivity contribution in [3.63, 3.8) is 0 Å². The third-order valence-electron chi connectivity index (χ3n) is 2.98. The molecule has 17 heavy (non-hydrogen) atoms. The number of carbonyl (C=O) groups excluding carboxylic acids is 1. The molecular weight excluding hydrogens is 218 g/mol. The SMILES string of the molecule is CCCn1ccn(CC(=O)NCC2CC2)c1=O. The highest BCUT2D eigenvalue weighted by Crippen LogP contribution is 2.27. The molecule has 5 heteroatoms. The molecule has 1 aliphatic rings. The van der Waals surface area contributed by atoms with Gasteiger partial charge in [0, 0.05) is 25.5 Å². The van der Waals surface area contributed by atoms with Gasteiger partial charge >= 0.3 is 5.69 Å². The Morgan fingerprint density at radius 2 is 2.12 bits per heavy atom. The van der Waals surface area contributed by atoms with Gasteiger partial charge < -0.3 is 5.32 Å². The fraction of sp³-hybridized carbons (Fsp3) is 0.667. The Morgan fingerprint density at radius 3 is 2.76 bits per heavy atom. The van der Waals surface area contributed by atoms with E-state index in [2.05, 4.69) is 5.32 Å². The van der Waals surface area contributed by atoms with Crippen LogP contribution < -0.4 is 11.0 Å². The third kappa shape index (κ3) is 3.22. The maximum atomic E-state index is 11.8. The summed E-state index contributed by atoms with van der Waals surface area (Å²) in [6.07, 6.45) is 6.76. The molecule has 5 nitrogen and oxygen atoms in total. The Balaban J connectivity index is 1.88. The minimum atomic E-state index is -0.103. The van der Waals surface area contributed by atoms with Crippen molar-refractivity contribution in [1.29, 1.82) is 0 Å². The average Bonchev–Trinajstić information content (AvgIpc) is 3.08. The van der Waals surface area contributed by atoms with Crippen LogP contribution in [0.3, 0.4) is 0 Å². The van der Waals surface area contributed by atoms with E-state index in [1.165, 1.54) is 17.4 Å². The van der Waals surface area contributed by atoms with Gasteiger partial charge in [-0.1, -0.05) is 6.92 Å². The van der Waals surface area contributed by atoms with Gasteiger partial charge in [-0.15, -0.1) is 0 Å². The molecule has 0 radical (unpaired) electrons. The fourth-order valence-electron chi connectivity index (χ4n) is 1.78. The summed E-state index contributed by atoms with van der Waals surface area (Å²) in [5.74, 6) is 0.591. The minimum absolute atomic E-state index is 0.0757. The standard InChI is InChI=1S/C12H19N3O2/c1-2-5-14-6-7-15(12(14)17)9-11(16)13-8-10-3-4-10/h6-7,10H,2-5,8-9H2,1H3,(H,13,16). The highest BCUT2D eigenvalue weighted by Gasteiger charge is 2.21. The Kier molecular flexibility index (Phi) is 3.66. The van der Waals surface area contributed by atoms with E-state index in [-0.39, 0.29) is 18.1 Å². The van der Waals surface area contributed by atoms with Crippen LogP contribution in [-0.2, 0) is 17.9 Å². The fourth-order valence-corrected chi connectivity index (χ4v) is 1.78. The first-order valence-electron chi connectivity index (χ1n) is 6.23. The second kappa shape index (κ2) is 5.21. The highest BCUT2D eigenvalue weighted by atomic mass is 16.2. The van der Waals surface area contributed by atoms with Crippen molar-refractivity contribution in [2.24, 2.45) is 5.92 Å². The van der Waals surface area contributed by atoms with Crippen molar-refractivity contribution in [3.05, 3.63) is 22.9 Å². The second-order valence-corrected chi connectivity index (χ2v) is 4.65. The monoisotopic (exact) mass is 237 g/mol. The molecule has 0 aromatic carbocycles. The molecule has 0 unspecified atom stereocenters. The zero-order valence-corrected chi connectivity index (χ0v) is 10.2. The summed E-state index contributed by atoms with van der Waals surface area (Å²) in [4.78, 5) is 23.4. The van der Waals surface area contributed by atoms with E-state index in [0.717, 1.165) is 13.0 Å². The molecule has 1 amide bonds. The number of amides is 1. The predicted molar refractivity (Wildman–Crippen MR) is 64.7 cm³/mol. The first-order valence-corrected chi connectivity index (χ1v) is 6.23. The van der Waals surface area contributed by atoms with Crippen LogP contribution in [0.15, 0.2) is 17.2 Å². The van der Waals surface area contributed by atoms with Gasteiger partial charge in [-0.05, 0) is 25.2 Å². The Morgan fingerprint density at radius 1 is 1.41 bits per heavy atom. The lowest BCUT2D eigenvalue weighted by Crippen LogP contribution is -2.33. The van der Waals surface area contributed by atoms with E-state index in [0.29, 0.717) is 12.5 Å². The van der Waals surface area contributed by atoms with E-state index in [1.54, 1.807) is 17.0 Å². The van der Waals surface area contributed by atoms with Gasteiger partial charge in [0.05, 0.1) is 0 Å². The van der Waals surface area contributed by atoms with Gasteiger partial charge in [-0.3, -0.25) is 13.9 Å². The van der Waals surface area contributed by atoms with Crippen molar-refractivity contribution in [1.82, 2.24) is 14.5 Å². The zero-order chi connectivity index (χ0) is 12.3. The number of rotatable bonds is 6. The summed E-state index contributed by atoms with van der Waals surface area (Å²) >= 11 is 0. The van der Waals surface area contributed by atoms with Gasteiger partial charge in [0.2, 0.25) is 5.91 Å². The third-order valence-corrected chi connectivity index (χ3v) is 2.98. The molecule has 2 rings (SSSR count). The second-order valence-electron chi connectivity index (χ2n) is 4.65. The average molecular weight is 237 g/mol. The molecule has 1 aromatic heterocycles. The summed E-state index contributed by atoms with van der Waals surface area (Å²) in [6.45, 7) is 3.60. The molecule has 94 valence electrons. The van der Waals surface area contributed by atoms with Crippen molar-refractivity contribution < 1.29 is 4.79 Å². The Bertz CT molecular complexity index is 443. The molecular formula is C12H19N3O2. The lowest BCUT2D eigenvalue weighted by Gasteiger charge is -2.04. The van der Waals surface area contributed by atoms with Gasteiger partial charge in [0.25, 0.3) is 0 Å². The zero-order valence-electron chi connectivity index (χ0n) is 10.2. The largest absolute Gasteiger partial charge is 0.354 e. The van der Waals surface area contributed by atoms with Crippen molar-refractivity contribution in [2.75, 3.05) is 6.54 Å². The predicted octanol–water partition coefficient (Wildman–Crippen LogP) is 0.586. The number of imidazole rings is 1. The first-order chi connectivity index (χ1) is 8.20. The summed E-state index contributed by atoms with van der Waals surface area (Å²) in [5.41, 5.74) is -0.103. The quantitative estimate of drug-likeness (QED) is 0.787. The molecule has 1 aliphatic carbocycles. The number of hydrogen-bond donors (Lipinski definition) is 1. The van der Waals surface area contributed by atoms with Gasteiger partial charge in [-0.2, -0.15) is 0 Å². The summed E-state index contributed by atoms with van der Waals surface area (Å²) < 4.78 is 3.09. The van der Waals surface area contributed by atoms with Crippen molar-refractivity contribution in [2.45, 2.75) is 39.3 Å². The van der Waals surface area contributed by atoms with Crippen LogP contribution in [0.4, 0.5) is 0 Å². The summed E-state index contributed by atoms with van der Waals surface area (Å²) in [6, 6.07) is 0. The molecule has 1 aromatic rings. The van der Waals surface area contributed by atoms with E-state index < -0.39 is 0 Å². The van der Waals surface area contributed by atoms with Crippen LogP contribution in [0.5, 0.6) is 0 Å². The maximum absolute atomic E-state index is 11.8. The Hall–Kier alpha value is -1.52. The first kappa shape index (κ1) is 12.0. The number of hydrogen-bond acceptors (Lipinski definition) is 2. The smallest absolute Gasteiger partial charge is 0.328 e. The molecule has 0 aliphatic heterocycles. The maximum Gasteiger partial charge on any atom is 0.328 e. The molecule has 1 N–H and O–H groups in total. The lowest BCUT2D eigenvalue weighted by atomic mass is 10.4. The molecule has 0 spiro atoms. The number of carbonyl (C=O) groups is 1. The lowest BCUT2D eigenvalue weighted by molar-refractivity contribution is -0.121. The van der Waals surface area contributed by atoms with E-state index in [4.69, 9.17) is 0 Å². The van der Waals surface area contributed by atoms with Crippen LogP contribution >= 0.6 is 0 Å². The summed E-state index contributed by atoms with van der Waals surface area (Å²) in [5, 5.41) is 2.85. The van der Waals surface area contributed by atoms with Gasteiger partial charge in [0.15, 0.2) is 0 Å². The summed E-state index contributed by atoms with van der Waals surface area (Å²) in [7, 11) is 0. The number of nitrogens with zero attached hydrogens (tertiary/aromatic N) is 2. The van der Waals surface area contributed by atoms with Crippen LogP contribution in [0.25, 0.3) is 0 Å². The van der Waals surface area contributed by atoms with E-state index >= 15 is 0 Å². The topological polar surface area (TPSA) is 56.0 Å². The van der Waals surface area contributed by atoms with E-state index in [1.807, 2.05) is 6.92 Å². The molecule has 1 saturated carbocycles. The molecule has 0 atom stereocenters. The molecule has 1 fully saturated rings. The van der Waals surface area contributed by atoms with Gasteiger partial charge in [-0.25, -0.2) is 4.79 Å². The Labute approximate surface area is 100 Å². The highest BCUT2D eigenvalue weighted by molar-refractivity contribution is 5.75. The normalized spacial score (nSPS) is 14.9. The molecule has 1 heterocycles. The van der Waals surface area contributed by atoms with Crippen molar-refractivity contribution in [3.8, 4) is 0 Å².